The molecule has 0 aliphatic heterocycles. The zero-order chi connectivity index (χ0) is 19.8. The van der Waals surface area contributed by atoms with Crippen LogP contribution < -0.4 is 10.6 Å². The predicted octanol–water partition coefficient (Wildman–Crippen LogP) is 1.84. The smallest absolute Gasteiger partial charge is 0.408 e. The molecule has 0 fully saturated rings. The zero-order valence-electron chi connectivity index (χ0n) is 15.6. The monoisotopic (exact) mass is 360 g/mol. The summed E-state index contributed by atoms with van der Waals surface area (Å²) in [7, 11) is 0. The normalized spacial score (nSPS) is 12.7. The van der Waals surface area contributed by atoms with Crippen molar-refractivity contribution < 1.29 is 33.8 Å². The summed E-state index contributed by atoms with van der Waals surface area (Å²) in [4.78, 5) is 46.1. The van der Waals surface area contributed by atoms with Gasteiger partial charge in [0.05, 0.1) is 0 Å². The van der Waals surface area contributed by atoms with E-state index in [0.717, 1.165) is 0 Å². The first-order valence-electron chi connectivity index (χ1n) is 7.90. The molecule has 9 nitrogen and oxygen atoms in total. The summed E-state index contributed by atoms with van der Waals surface area (Å²) in [5, 5.41) is 13.6. The second-order valence-electron chi connectivity index (χ2n) is 7.46. The van der Waals surface area contributed by atoms with Gasteiger partial charge in [-0.05, 0) is 41.5 Å². The van der Waals surface area contributed by atoms with Gasteiger partial charge in [0.2, 0.25) is 0 Å². The molecular formula is C16H28N2O7. The topological polar surface area (TPSA) is 131 Å². The highest BCUT2D eigenvalue weighted by molar-refractivity contribution is 5.88. The Bertz CT molecular complexity index is 504. The van der Waals surface area contributed by atoms with Crippen molar-refractivity contribution >= 4 is 23.9 Å². The molecule has 0 spiro atoms. The molecule has 3 N–H and O–H groups in total. The van der Waals surface area contributed by atoms with E-state index in [2.05, 4.69) is 10.6 Å². The van der Waals surface area contributed by atoms with Crippen LogP contribution in [0.3, 0.4) is 0 Å². The zero-order valence-corrected chi connectivity index (χ0v) is 15.6. The number of hydrogen-bond donors (Lipinski definition) is 3. The molecule has 0 aromatic rings. The Morgan fingerprint density at radius 2 is 1.40 bits per heavy atom. The number of carbonyl (C=O) groups excluding carboxylic acids is 3. The van der Waals surface area contributed by atoms with Gasteiger partial charge in [0.15, 0.2) is 0 Å². The van der Waals surface area contributed by atoms with Crippen LogP contribution in [-0.2, 0) is 19.1 Å². The molecule has 0 unspecified atom stereocenters. The van der Waals surface area contributed by atoms with Crippen LogP contribution in [0.2, 0.25) is 0 Å². The molecule has 0 rings (SSSR count). The molecule has 0 aliphatic carbocycles. The number of amides is 2. The lowest BCUT2D eigenvalue weighted by Crippen LogP contribution is -2.44. The van der Waals surface area contributed by atoms with E-state index in [0.29, 0.717) is 0 Å². The molecule has 0 heterocycles. The lowest BCUT2D eigenvalue weighted by atomic mass is 10.1. The molecule has 0 aromatic carbocycles. The first-order chi connectivity index (χ1) is 11.2. The molecule has 0 aliphatic rings. The average molecular weight is 360 g/mol. The van der Waals surface area contributed by atoms with Crippen LogP contribution in [0.1, 0.15) is 54.4 Å². The van der Waals surface area contributed by atoms with Crippen LogP contribution in [0.4, 0.5) is 9.59 Å². The van der Waals surface area contributed by atoms with E-state index in [-0.39, 0.29) is 13.0 Å². The summed E-state index contributed by atoms with van der Waals surface area (Å²) in [5.74, 6) is -1.78. The molecule has 144 valence electrons. The number of carboxylic acids is 1. The maximum absolute atomic E-state index is 11.8. The summed E-state index contributed by atoms with van der Waals surface area (Å²) < 4.78 is 9.97. The van der Waals surface area contributed by atoms with Crippen LogP contribution in [0.15, 0.2) is 0 Å². The van der Waals surface area contributed by atoms with Crippen LogP contribution in [0.5, 0.6) is 0 Å². The molecule has 0 saturated heterocycles. The summed E-state index contributed by atoms with van der Waals surface area (Å²) in [6, 6.07) is -1.40. The molecule has 1 atom stereocenters. The largest absolute Gasteiger partial charge is 0.480 e. The van der Waals surface area contributed by atoms with Gasteiger partial charge in [0, 0.05) is 19.4 Å². The SMILES string of the molecule is CC(C)(C)OC(=O)NCCC(=O)C[C@H](NC(=O)OC(C)(C)C)C(=O)O. The van der Waals surface area contributed by atoms with Crippen LogP contribution >= 0.6 is 0 Å². The van der Waals surface area contributed by atoms with E-state index < -0.39 is 47.6 Å². The first-order valence-corrected chi connectivity index (χ1v) is 7.90. The van der Waals surface area contributed by atoms with Crippen LogP contribution in [0.25, 0.3) is 0 Å². The van der Waals surface area contributed by atoms with E-state index >= 15 is 0 Å². The maximum Gasteiger partial charge on any atom is 0.408 e. The number of ether oxygens (including phenoxy) is 2. The molecule has 9 heteroatoms. The number of Topliss-reactive ketones (excluding diaryl/α,β-unsaturated/α-hetero) is 1. The average Bonchev–Trinajstić information content (AvgIpc) is 2.32. The second kappa shape index (κ2) is 9.24. The standard InChI is InChI=1S/C16H28N2O7/c1-15(2,3)24-13(22)17-8-7-10(19)9-11(12(20)21)18-14(23)25-16(4,5)6/h11H,7-9H2,1-6H3,(H,17,22)(H,18,23)(H,20,21)/t11-/m0/s1. The third-order valence-electron chi connectivity index (χ3n) is 2.49. The van der Waals surface area contributed by atoms with Gasteiger partial charge in [0.25, 0.3) is 0 Å². The quantitative estimate of drug-likeness (QED) is 0.631. The lowest BCUT2D eigenvalue weighted by molar-refractivity contribution is -0.141. The third kappa shape index (κ3) is 12.7. The predicted molar refractivity (Wildman–Crippen MR) is 89.3 cm³/mol. The number of carbonyl (C=O) groups is 4. The fourth-order valence-electron chi connectivity index (χ4n) is 1.60. The van der Waals surface area contributed by atoms with E-state index in [1.165, 1.54) is 0 Å². The maximum atomic E-state index is 11.8. The van der Waals surface area contributed by atoms with Gasteiger partial charge in [-0.15, -0.1) is 0 Å². The van der Waals surface area contributed by atoms with E-state index in [9.17, 15) is 19.2 Å². The number of alkyl carbamates (subject to hydrolysis) is 2. The molecule has 0 radical (unpaired) electrons. The third-order valence-corrected chi connectivity index (χ3v) is 2.49. The van der Waals surface area contributed by atoms with E-state index in [1.54, 1.807) is 41.5 Å². The Morgan fingerprint density at radius 3 is 1.84 bits per heavy atom. The lowest BCUT2D eigenvalue weighted by Gasteiger charge is -2.21. The molecule has 0 bridgehead atoms. The van der Waals surface area contributed by atoms with Gasteiger partial charge < -0.3 is 25.2 Å². The highest BCUT2D eigenvalue weighted by Crippen LogP contribution is 2.08. The Balaban J connectivity index is 4.36. The van der Waals surface area contributed by atoms with Crippen molar-refractivity contribution in [2.45, 2.75) is 71.6 Å². The number of nitrogens with one attached hydrogen (secondary N) is 2. The van der Waals surface area contributed by atoms with Gasteiger partial charge in [-0.25, -0.2) is 14.4 Å². The Hall–Kier alpha value is -2.32. The molecule has 2 amide bonds. The molecule has 25 heavy (non-hydrogen) atoms. The second-order valence-corrected chi connectivity index (χ2v) is 7.46. The van der Waals surface area contributed by atoms with Crippen LogP contribution in [-0.4, -0.2) is 52.8 Å². The minimum atomic E-state index is -1.40. The fraction of sp³-hybridized carbons (Fsp3) is 0.750. The van der Waals surface area contributed by atoms with Crippen molar-refractivity contribution in [2.75, 3.05) is 6.54 Å². The van der Waals surface area contributed by atoms with Gasteiger partial charge in [-0.3, -0.25) is 4.79 Å². The fourth-order valence-corrected chi connectivity index (χ4v) is 1.60. The van der Waals surface area contributed by atoms with Crippen molar-refractivity contribution in [3.63, 3.8) is 0 Å². The minimum absolute atomic E-state index is 0.00647. The van der Waals surface area contributed by atoms with E-state index in [4.69, 9.17) is 14.6 Å². The van der Waals surface area contributed by atoms with Gasteiger partial charge in [-0.2, -0.15) is 0 Å². The van der Waals surface area contributed by atoms with Gasteiger partial charge in [-0.1, -0.05) is 0 Å². The Labute approximate surface area is 147 Å². The summed E-state index contributed by atoms with van der Waals surface area (Å²) >= 11 is 0. The Kier molecular flexibility index (Phi) is 8.38. The minimum Gasteiger partial charge on any atom is -0.480 e. The van der Waals surface area contributed by atoms with Crippen molar-refractivity contribution in [1.29, 1.82) is 0 Å². The number of rotatable bonds is 7. The number of carboxylic acid groups (broad SMARTS) is 1. The van der Waals surface area contributed by atoms with Gasteiger partial charge >= 0.3 is 18.2 Å². The first kappa shape index (κ1) is 22.7. The summed E-state index contributed by atoms with van der Waals surface area (Å²) in [5.41, 5.74) is -1.44. The summed E-state index contributed by atoms with van der Waals surface area (Å²) in [6.45, 7) is 10.0. The Morgan fingerprint density at radius 1 is 0.920 bits per heavy atom. The molecule has 0 saturated carbocycles. The summed E-state index contributed by atoms with van der Waals surface area (Å²) in [6.07, 6.45) is -2.08. The van der Waals surface area contributed by atoms with E-state index in [1.807, 2.05) is 0 Å². The highest BCUT2D eigenvalue weighted by Gasteiger charge is 2.26. The van der Waals surface area contributed by atoms with Gasteiger partial charge in [0.1, 0.15) is 23.0 Å². The van der Waals surface area contributed by atoms with Crippen molar-refractivity contribution in [3.8, 4) is 0 Å². The molecule has 0 aromatic heterocycles. The van der Waals surface area contributed by atoms with Crippen LogP contribution in [0, 0.1) is 0 Å². The highest BCUT2D eigenvalue weighted by atomic mass is 16.6. The van der Waals surface area contributed by atoms with Crippen molar-refractivity contribution in [3.05, 3.63) is 0 Å². The van der Waals surface area contributed by atoms with Crippen molar-refractivity contribution in [1.82, 2.24) is 10.6 Å². The number of hydrogen-bond acceptors (Lipinski definition) is 6. The van der Waals surface area contributed by atoms with Crippen molar-refractivity contribution in [2.24, 2.45) is 0 Å². The number of ketones is 1. The molecular weight excluding hydrogens is 332 g/mol. The number of aliphatic carboxylic acids is 1.